The Kier molecular flexibility index (Phi) is 4.41. The van der Waals surface area contributed by atoms with Crippen LogP contribution >= 0.6 is 0 Å². The van der Waals surface area contributed by atoms with E-state index in [9.17, 15) is 24.9 Å². The molecular formula is C24H36O8. The number of ether oxygens (including phenoxy) is 3. The number of carbonyl (C=O) groups excluding carboxylic acids is 2. The molecule has 11 atom stereocenters. The van der Waals surface area contributed by atoms with Crippen LogP contribution in [0.4, 0.5) is 0 Å². The minimum Gasteiger partial charge on any atom is -0.462 e. The third-order valence-electron chi connectivity index (χ3n) is 9.94. The molecule has 0 aromatic rings. The zero-order valence-corrected chi connectivity index (χ0v) is 19.8. The van der Waals surface area contributed by atoms with Gasteiger partial charge in [0, 0.05) is 36.5 Å². The lowest BCUT2D eigenvalue weighted by molar-refractivity contribution is -0.230. The number of aliphatic hydroxyl groups is 3. The van der Waals surface area contributed by atoms with Crippen molar-refractivity contribution in [3.63, 3.8) is 0 Å². The number of fused-ring (bicyclic) bond motifs is 4. The van der Waals surface area contributed by atoms with Crippen molar-refractivity contribution < 1.29 is 39.1 Å². The second-order valence-corrected chi connectivity index (χ2v) is 12.1. The van der Waals surface area contributed by atoms with Crippen molar-refractivity contribution in [1.29, 1.82) is 0 Å². The number of esters is 2. The average Bonchev–Trinajstić information content (AvgIpc) is 3.35. The Morgan fingerprint density at radius 1 is 0.969 bits per heavy atom. The molecule has 2 bridgehead atoms. The molecule has 4 aliphatic carbocycles. The second kappa shape index (κ2) is 6.26. The first-order valence-corrected chi connectivity index (χ1v) is 11.8. The Hall–Kier alpha value is -1.22. The van der Waals surface area contributed by atoms with Gasteiger partial charge in [0.1, 0.15) is 17.8 Å². The van der Waals surface area contributed by atoms with Gasteiger partial charge >= 0.3 is 11.9 Å². The van der Waals surface area contributed by atoms with Crippen LogP contribution in [0.3, 0.4) is 0 Å². The summed E-state index contributed by atoms with van der Waals surface area (Å²) >= 11 is 0. The van der Waals surface area contributed by atoms with E-state index in [0.717, 1.165) is 0 Å². The molecule has 1 heterocycles. The predicted molar refractivity (Wildman–Crippen MR) is 111 cm³/mol. The molecule has 4 saturated carbocycles. The van der Waals surface area contributed by atoms with E-state index in [-0.39, 0.29) is 30.5 Å². The lowest BCUT2D eigenvalue weighted by Gasteiger charge is -2.52. The quantitative estimate of drug-likeness (QED) is 0.423. The molecule has 0 aromatic heterocycles. The normalized spacial score (nSPS) is 57.0. The second-order valence-electron chi connectivity index (χ2n) is 12.1. The van der Waals surface area contributed by atoms with Gasteiger partial charge < -0.3 is 29.5 Å². The van der Waals surface area contributed by atoms with Crippen molar-refractivity contribution in [3.8, 4) is 0 Å². The molecule has 5 rings (SSSR count). The molecule has 32 heavy (non-hydrogen) atoms. The Balaban J connectivity index is 1.72. The van der Waals surface area contributed by atoms with Gasteiger partial charge in [0.05, 0.1) is 23.4 Å². The first-order valence-electron chi connectivity index (χ1n) is 11.8. The van der Waals surface area contributed by atoms with Gasteiger partial charge in [0.15, 0.2) is 0 Å². The van der Waals surface area contributed by atoms with Gasteiger partial charge in [-0.3, -0.25) is 9.59 Å². The number of carbonyl (C=O) groups is 2. The number of hydrogen-bond donors (Lipinski definition) is 3. The number of hydrogen-bond acceptors (Lipinski definition) is 8. The summed E-state index contributed by atoms with van der Waals surface area (Å²) in [6.45, 7) is 9.95. The summed E-state index contributed by atoms with van der Waals surface area (Å²) < 4.78 is 17.6. The lowest BCUT2D eigenvalue weighted by atomic mass is 9.57. The van der Waals surface area contributed by atoms with Crippen LogP contribution in [0.25, 0.3) is 0 Å². The van der Waals surface area contributed by atoms with E-state index in [4.69, 9.17) is 14.2 Å². The summed E-state index contributed by atoms with van der Waals surface area (Å²) in [5.41, 5.74) is -5.65. The van der Waals surface area contributed by atoms with Crippen LogP contribution in [0.1, 0.15) is 67.2 Å². The molecule has 8 heteroatoms. The maximum absolute atomic E-state index is 12.3. The fourth-order valence-electron chi connectivity index (χ4n) is 8.91. The van der Waals surface area contributed by atoms with E-state index in [1.54, 1.807) is 13.8 Å². The third-order valence-corrected chi connectivity index (χ3v) is 9.94. The Labute approximate surface area is 188 Å². The van der Waals surface area contributed by atoms with Crippen molar-refractivity contribution in [3.05, 3.63) is 0 Å². The maximum atomic E-state index is 12.3. The largest absolute Gasteiger partial charge is 0.462 e. The van der Waals surface area contributed by atoms with Gasteiger partial charge in [0.2, 0.25) is 0 Å². The lowest BCUT2D eigenvalue weighted by Crippen LogP contribution is -2.63. The first-order chi connectivity index (χ1) is 14.6. The van der Waals surface area contributed by atoms with Crippen LogP contribution in [0.5, 0.6) is 0 Å². The molecular weight excluding hydrogens is 416 g/mol. The standard InChI is InChI=1S/C24H36O8/c1-11(25)30-15-9-23-10-21(5,27)13(18(23)31-12(2)26)7-8-14(23)22(6,28)17-16-19(32-16)20(3,4)24(15,17)29/h13-19,27-29H,7-10H2,1-6H3/t13-,14+,15+,16+,17+,18-,19+,21-,22-,23+,24-/m1/s1. The highest BCUT2D eigenvalue weighted by Crippen LogP contribution is 2.73. The topological polar surface area (TPSA) is 126 Å². The van der Waals surface area contributed by atoms with Crippen LogP contribution in [-0.4, -0.2) is 68.5 Å². The summed E-state index contributed by atoms with van der Waals surface area (Å²) in [7, 11) is 0. The van der Waals surface area contributed by atoms with Crippen LogP contribution in [0.15, 0.2) is 0 Å². The first kappa shape index (κ1) is 22.6. The smallest absolute Gasteiger partial charge is 0.303 e. The molecule has 180 valence electrons. The van der Waals surface area contributed by atoms with E-state index in [1.165, 1.54) is 13.8 Å². The zero-order chi connectivity index (χ0) is 23.6. The van der Waals surface area contributed by atoms with E-state index in [0.29, 0.717) is 19.3 Å². The molecule has 5 fully saturated rings. The van der Waals surface area contributed by atoms with Gasteiger partial charge in [0.25, 0.3) is 0 Å². The van der Waals surface area contributed by atoms with Gasteiger partial charge in [-0.1, -0.05) is 13.8 Å². The molecule has 0 unspecified atom stereocenters. The molecule has 1 spiro atoms. The fraction of sp³-hybridized carbons (Fsp3) is 0.917. The molecule has 0 amide bonds. The van der Waals surface area contributed by atoms with Gasteiger partial charge in [-0.2, -0.15) is 0 Å². The van der Waals surface area contributed by atoms with Crippen molar-refractivity contribution >= 4 is 11.9 Å². The zero-order valence-electron chi connectivity index (χ0n) is 19.8. The molecule has 1 aliphatic heterocycles. The Morgan fingerprint density at radius 2 is 1.59 bits per heavy atom. The minimum atomic E-state index is -1.54. The van der Waals surface area contributed by atoms with E-state index < -0.39 is 57.7 Å². The molecule has 5 aliphatic rings. The number of rotatable bonds is 2. The monoisotopic (exact) mass is 452 g/mol. The summed E-state index contributed by atoms with van der Waals surface area (Å²) in [5, 5.41) is 35.9. The summed E-state index contributed by atoms with van der Waals surface area (Å²) in [5.74, 6) is -2.31. The molecule has 3 N–H and O–H groups in total. The predicted octanol–water partition coefficient (Wildman–Crippen LogP) is 1.33. The van der Waals surface area contributed by atoms with Gasteiger partial charge in [-0.25, -0.2) is 0 Å². The molecule has 0 radical (unpaired) electrons. The highest BCUT2D eigenvalue weighted by atomic mass is 16.6. The van der Waals surface area contributed by atoms with E-state index in [1.807, 2.05) is 13.8 Å². The molecule has 0 aromatic carbocycles. The van der Waals surface area contributed by atoms with Crippen LogP contribution in [0.2, 0.25) is 0 Å². The molecule has 1 saturated heterocycles. The van der Waals surface area contributed by atoms with Gasteiger partial charge in [-0.15, -0.1) is 0 Å². The van der Waals surface area contributed by atoms with Crippen LogP contribution in [0, 0.1) is 28.6 Å². The van der Waals surface area contributed by atoms with Gasteiger partial charge in [-0.05, 0) is 45.4 Å². The van der Waals surface area contributed by atoms with Crippen molar-refractivity contribution in [2.75, 3.05) is 0 Å². The van der Waals surface area contributed by atoms with Crippen molar-refractivity contribution in [1.82, 2.24) is 0 Å². The number of epoxide rings is 1. The summed E-state index contributed by atoms with van der Waals surface area (Å²) in [6, 6.07) is 0. The SMILES string of the molecule is CC(=O)O[C@@H]1[C@H]2CC[C@H]3[C@@](C)(O)[C@@H]4[C@@H]5O[C@@H]5C(C)(C)[C@@]4(O)[C@@H](OC(C)=O)C[C@@]13C[C@@]2(C)O. The third kappa shape index (κ3) is 2.53. The Morgan fingerprint density at radius 3 is 2.19 bits per heavy atom. The summed E-state index contributed by atoms with van der Waals surface area (Å²) in [6.07, 6.45) is -0.447. The van der Waals surface area contributed by atoms with Crippen LogP contribution < -0.4 is 0 Å². The highest BCUT2D eigenvalue weighted by Gasteiger charge is 2.84. The summed E-state index contributed by atoms with van der Waals surface area (Å²) in [4.78, 5) is 24.3. The van der Waals surface area contributed by atoms with Crippen LogP contribution in [-0.2, 0) is 23.8 Å². The van der Waals surface area contributed by atoms with E-state index in [2.05, 4.69) is 0 Å². The fourth-order valence-corrected chi connectivity index (χ4v) is 8.91. The molecule has 8 nitrogen and oxygen atoms in total. The van der Waals surface area contributed by atoms with Crippen molar-refractivity contribution in [2.45, 2.75) is 108 Å². The minimum absolute atomic E-state index is 0.202. The highest BCUT2D eigenvalue weighted by molar-refractivity contribution is 5.67. The average molecular weight is 453 g/mol. The maximum Gasteiger partial charge on any atom is 0.303 e. The van der Waals surface area contributed by atoms with E-state index >= 15 is 0 Å². The Bertz CT molecular complexity index is 864. The van der Waals surface area contributed by atoms with Crippen molar-refractivity contribution in [2.24, 2.45) is 28.6 Å².